The SMILES string of the molecule is O=C(Nc1ccc(Cl)cc1)c1c[nH]c2cccc(NCc3ccnc4ccccc34)c12. The lowest BCUT2D eigenvalue weighted by atomic mass is 10.1. The number of halogens is 1. The summed E-state index contributed by atoms with van der Waals surface area (Å²) in [6, 6.07) is 23.1. The van der Waals surface area contributed by atoms with E-state index in [0.717, 1.165) is 33.1 Å². The fraction of sp³-hybridized carbons (Fsp3) is 0.0400. The molecule has 6 heteroatoms. The molecular formula is C25H19ClN4O. The highest BCUT2D eigenvalue weighted by Gasteiger charge is 2.15. The van der Waals surface area contributed by atoms with Gasteiger partial charge in [-0.3, -0.25) is 9.78 Å². The molecule has 2 heterocycles. The molecule has 1 amide bonds. The average Bonchev–Trinajstić information content (AvgIpc) is 3.24. The molecule has 3 aromatic carbocycles. The number of hydrogen-bond donors (Lipinski definition) is 3. The maximum absolute atomic E-state index is 13.0. The number of hydrogen-bond acceptors (Lipinski definition) is 3. The predicted octanol–water partition coefficient (Wildman–Crippen LogP) is 6.23. The van der Waals surface area contributed by atoms with Crippen LogP contribution in [0.2, 0.25) is 5.02 Å². The van der Waals surface area contributed by atoms with Gasteiger partial charge in [0.1, 0.15) is 0 Å². The minimum atomic E-state index is -0.183. The van der Waals surface area contributed by atoms with E-state index in [9.17, 15) is 4.79 Å². The highest BCUT2D eigenvalue weighted by molar-refractivity contribution is 6.30. The maximum Gasteiger partial charge on any atom is 0.257 e. The van der Waals surface area contributed by atoms with E-state index in [1.807, 2.05) is 48.7 Å². The van der Waals surface area contributed by atoms with E-state index in [0.29, 0.717) is 22.8 Å². The van der Waals surface area contributed by atoms with Crippen molar-refractivity contribution in [2.75, 3.05) is 10.6 Å². The molecular weight excluding hydrogens is 408 g/mol. The number of pyridine rings is 1. The van der Waals surface area contributed by atoms with Gasteiger partial charge in [-0.15, -0.1) is 0 Å². The van der Waals surface area contributed by atoms with Crippen molar-refractivity contribution in [1.29, 1.82) is 0 Å². The normalized spacial score (nSPS) is 11.0. The van der Waals surface area contributed by atoms with Crippen molar-refractivity contribution < 1.29 is 4.79 Å². The van der Waals surface area contributed by atoms with E-state index in [1.165, 1.54) is 0 Å². The van der Waals surface area contributed by atoms with Gasteiger partial charge in [-0.25, -0.2) is 0 Å². The van der Waals surface area contributed by atoms with Crippen molar-refractivity contribution in [3.05, 3.63) is 101 Å². The number of benzene rings is 3. The van der Waals surface area contributed by atoms with Gasteiger partial charge in [0.05, 0.1) is 11.1 Å². The number of aromatic nitrogens is 2. The summed E-state index contributed by atoms with van der Waals surface area (Å²) in [4.78, 5) is 20.6. The molecule has 31 heavy (non-hydrogen) atoms. The molecule has 3 N–H and O–H groups in total. The zero-order valence-electron chi connectivity index (χ0n) is 16.5. The number of nitrogens with zero attached hydrogens (tertiary/aromatic N) is 1. The van der Waals surface area contributed by atoms with Crippen LogP contribution >= 0.6 is 11.6 Å². The molecule has 0 aliphatic carbocycles. The molecule has 0 fully saturated rings. The predicted molar refractivity (Wildman–Crippen MR) is 127 cm³/mol. The molecule has 152 valence electrons. The third-order valence-corrected chi connectivity index (χ3v) is 5.51. The molecule has 0 bridgehead atoms. The number of rotatable bonds is 5. The van der Waals surface area contributed by atoms with Gasteiger partial charge in [0.25, 0.3) is 5.91 Å². The van der Waals surface area contributed by atoms with Gasteiger partial charge in [-0.2, -0.15) is 0 Å². The van der Waals surface area contributed by atoms with Gasteiger partial charge in [0.2, 0.25) is 0 Å². The van der Waals surface area contributed by atoms with Gasteiger partial charge in [0, 0.05) is 51.6 Å². The molecule has 0 saturated heterocycles. The lowest BCUT2D eigenvalue weighted by molar-refractivity contribution is 0.102. The van der Waals surface area contributed by atoms with Gasteiger partial charge in [-0.1, -0.05) is 35.9 Å². The number of anilines is 2. The number of H-pyrrole nitrogens is 1. The first kappa shape index (κ1) is 19.2. The zero-order chi connectivity index (χ0) is 21.2. The first-order chi connectivity index (χ1) is 15.2. The third-order valence-electron chi connectivity index (χ3n) is 5.26. The van der Waals surface area contributed by atoms with Crippen LogP contribution in [0.4, 0.5) is 11.4 Å². The van der Waals surface area contributed by atoms with Crippen molar-refractivity contribution in [2.45, 2.75) is 6.54 Å². The van der Waals surface area contributed by atoms with E-state index < -0.39 is 0 Å². The standard InChI is InChI=1S/C25H19ClN4O/c26-17-8-10-18(11-9-17)30-25(31)20-15-29-23-7-3-6-22(24(20)23)28-14-16-12-13-27-21-5-2-1-4-19(16)21/h1-13,15,28-29H,14H2,(H,30,31). The van der Waals surface area contributed by atoms with Crippen LogP contribution in [0.5, 0.6) is 0 Å². The number of nitrogens with one attached hydrogen (secondary N) is 3. The van der Waals surface area contributed by atoms with Crippen LogP contribution in [0.25, 0.3) is 21.8 Å². The molecule has 5 nitrogen and oxygen atoms in total. The van der Waals surface area contributed by atoms with Crippen molar-refractivity contribution in [3.8, 4) is 0 Å². The summed E-state index contributed by atoms with van der Waals surface area (Å²) in [5.74, 6) is -0.183. The second-order valence-corrected chi connectivity index (χ2v) is 7.67. The van der Waals surface area contributed by atoms with E-state index in [4.69, 9.17) is 11.6 Å². The Balaban J connectivity index is 1.45. The summed E-state index contributed by atoms with van der Waals surface area (Å²) in [5, 5.41) is 9.03. The molecule has 0 aliphatic heterocycles. The number of para-hydroxylation sites is 1. The highest BCUT2D eigenvalue weighted by Crippen LogP contribution is 2.29. The fourth-order valence-electron chi connectivity index (χ4n) is 3.74. The van der Waals surface area contributed by atoms with Crippen molar-refractivity contribution in [3.63, 3.8) is 0 Å². The van der Waals surface area contributed by atoms with Crippen LogP contribution in [0.3, 0.4) is 0 Å². The summed E-state index contributed by atoms with van der Waals surface area (Å²) in [7, 11) is 0. The number of carbonyl (C=O) groups excluding carboxylic acids is 1. The Bertz CT molecular complexity index is 1390. The van der Waals surface area contributed by atoms with Crippen LogP contribution in [0, 0.1) is 0 Å². The average molecular weight is 427 g/mol. The Morgan fingerprint density at radius 2 is 1.81 bits per heavy atom. The fourth-order valence-corrected chi connectivity index (χ4v) is 3.87. The summed E-state index contributed by atoms with van der Waals surface area (Å²) in [6.07, 6.45) is 3.56. The van der Waals surface area contributed by atoms with E-state index in [-0.39, 0.29) is 5.91 Å². The van der Waals surface area contributed by atoms with Crippen LogP contribution in [-0.4, -0.2) is 15.9 Å². The molecule has 0 radical (unpaired) electrons. The third kappa shape index (κ3) is 3.83. The topological polar surface area (TPSA) is 69.8 Å². The molecule has 5 aromatic rings. The van der Waals surface area contributed by atoms with Crippen LogP contribution < -0.4 is 10.6 Å². The molecule has 0 atom stereocenters. The second kappa shape index (κ2) is 8.13. The molecule has 0 aliphatic rings. The van der Waals surface area contributed by atoms with Crippen molar-refractivity contribution in [1.82, 2.24) is 9.97 Å². The molecule has 2 aromatic heterocycles. The lowest BCUT2D eigenvalue weighted by Crippen LogP contribution is -2.12. The smallest absolute Gasteiger partial charge is 0.257 e. The molecule has 5 rings (SSSR count). The molecule has 0 spiro atoms. The Hall–Kier alpha value is -3.83. The Kier molecular flexibility index (Phi) is 5.02. The van der Waals surface area contributed by atoms with E-state index in [1.54, 1.807) is 30.5 Å². The summed E-state index contributed by atoms with van der Waals surface area (Å²) in [6.45, 7) is 0.617. The van der Waals surface area contributed by atoms with E-state index in [2.05, 4.69) is 26.7 Å². The minimum absolute atomic E-state index is 0.183. The first-order valence-electron chi connectivity index (χ1n) is 9.92. The largest absolute Gasteiger partial charge is 0.380 e. The first-order valence-corrected chi connectivity index (χ1v) is 10.3. The van der Waals surface area contributed by atoms with Gasteiger partial charge < -0.3 is 15.6 Å². The molecule has 0 unspecified atom stereocenters. The minimum Gasteiger partial charge on any atom is -0.380 e. The zero-order valence-corrected chi connectivity index (χ0v) is 17.3. The monoisotopic (exact) mass is 426 g/mol. The Labute approximate surface area is 184 Å². The molecule has 0 saturated carbocycles. The number of carbonyl (C=O) groups is 1. The number of fused-ring (bicyclic) bond motifs is 2. The van der Waals surface area contributed by atoms with Crippen LogP contribution in [0.1, 0.15) is 15.9 Å². The van der Waals surface area contributed by atoms with E-state index >= 15 is 0 Å². The summed E-state index contributed by atoms with van der Waals surface area (Å²) < 4.78 is 0. The van der Waals surface area contributed by atoms with Gasteiger partial charge in [0.15, 0.2) is 0 Å². The van der Waals surface area contributed by atoms with Gasteiger partial charge >= 0.3 is 0 Å². The van der Waals surface area contributed by atoms with Crippen LogP contribution in [-0.2, 0) is 6.54 Å². The lowest BCUT2D eigenvalue weighted by Gasteiger charge is -2.12. The maximum atomic E-state index is 13.0. The quantitative estimate of drug-likeness (QED) is 0.312. The number of aromatic amines is 1. The number of amides is 1. The highest BCUT2D eigenvalue weighted by atomic mass is 35.5. The van der Waals surface area contributed by atoms with Crippen LogP contribution in [0.15, 0.2) is 85.2 Å². The van der Waals surface area contributed by atoms with Crippen molar-refractivity contribution in [2.24, 2.45) is 0 Å². The summed E-state index contributed by atoms with van der Waals surface area (Å²) >= 11 is 5.94. The Morgan fingerprint density at radius 3 is 2.68 bits per heavy atom. The second-order valence-electron chi connectivity index (χ2n) is 7.23. The van der Waals surface area contributed by atoms with Gasteiger partial charge in [-0.05, 0) is 54.1 Å². The Morgan fingerprint density at radius 1 is 0.968 bits per heavy atom. The summed E-state index contributed by atoms with van der Waals surface area (Å²) in [5.41, 5.74) is 5.16. The van der Waals surface area contributed by atoms with Crippen molar-refractivity contribution >= 4 is 50.7 Å².